The molecule has 27 heavy (non-hydrogen) atoms. The molecule has 0 heterocycles. The fraction of sp³-hybridized carbons (Fsp3) is 0.435. The van der Waals surface area contributed by atoms with Crippen LogP contribution >= 0.6 is 0 Å². The van der Waals surface area contributed by atoms with E-state index < -0.39 is 6.10 Å². The lowest BCUT2D eigenvalue weighted by Gasteiger charge is -2.22. The summed E-state index contributed by atoms with van der Waals surface area (Å²) in [5.41, 5.74) is 4.48. The van der Waals surface area contributed by atoms with Crippen LogP contribution < -0.4 is 14.8 Å². The van der Waals surface area contributed by atoms with Gasteiger partial charge in [0.05, 0.1) is 13.2 Å². The van der Waals surface area contributed by atoms with E-state index in [0.717, 1.165) is 28.0 Å². The summed E-state index contributed by atoms with van der Waals surface area (Å²) in [5, 5.41) is 3.07. The topological polar surface area (TPSA) is 47.6 Å². The van der Waals surface area contributed by atoms with Crippen molar-refractivity contribution in [1.29, 1.82) is 0 Å². The van der Waals surface area contributed by atoms with Crippen molar-refractivity contribution in [1.82, 2.24) is 5.32 Å². The number of amides is 1. The van der Waals surface area contributed by atoms with Gasteiger partial charge in [-0.25, -0.2) is 0 Å². The number of nitrogens with one attached hydrogen (secondary N) is 1. The normalized spacial score (nSPS) is 13.2. The van der Waals surface area contributed by atoms with Gasteiger partial charge in [0.2, 0.25) is 0 Å². The molecule has 146 valence electrons. The molecule has 0 bridgehead atoms. The van der Waals surface area contributed by atoms with Gasteiger partial charge in [-0.1, -0.05) is 31.5 Å². The van der Waals surface area contributed by atoms with Crippen molar-refractivity contribution in [2.75, 3.05) is 7.11 Å². The van der Waals surface area contributed by atoms with Crippen LogP contribution in [0.25, 0.3) is 0 Å². The molecular formula is C23H31NO3. The maximum atomic E-state index is 12.6. The van der Waals surface area contributed by atoms with E-state index in [1.165, 1.54) is 0 Å². The Labute approximate surface area is 162 Å². The van der Waals surface area contributed by atoms with Crippen molar-refractivity contribution in [3.8, 4) is 11.5 Å². The zero-order valence-electron chi connectivity index (χ0n) is 17.4. The Bertz CT molecular complexity index is 781. The van der Waals surface area contributed by atoms with E-state index in [1.807, 2.05) is 51.1 Å². The molecule has 4 heteroatoms. The van der Waals surface area contributed by atoms with Crippen molar-refractivity contribution < 1.29 is 14.3 Å². The fourth-order valence-corrected chi connectivity index (χ4v) is 3.09. The Morgan fingerprint density at radius 2 is 1.59 bits per heavy atom. The van der Waals surface area contributed by atoms with Crippen LogP contribution in [-0.2, 0) is 4.79 Å². The predicted octanol–water partition coefficient (Wildman–Crippen LogP) is 5.08. The highest BCUT2D eigenvalue weighted by molar-refractivity contribution is 5.81. The summed E-state index contributed by atoms with van der Waals surface area (Å²) in [4.78, 5) is 12.6. The molecule has 0 saturated heterocycles. The number of methoxy groups -OCH3 is 1. The second kappa shape index (κ2) is 8.94. The quantitative estimate of drug-likeness (QED) is 0.740. The Balaban J connectivity index is 2.11. The minimum absolute atomic E-state index is 0.120. The van der Waals surface area contributed by atoms with Crippen LogP contribution in [0.5, 0.6) is 11.5 Å². The molecule has 0 aliphatic heterocycles. The van der Waals surface area contributed by atoms with E-state index in [4.69, 9.17) is 9.47 Å². The third kappa shape index (κ3) is 5.25. The Hall–Kier alpha value is -2.49. The van der Waals surface area contributed by atoms with Gasteiger partial charge in [-0.15, -0.1) is 0 Å². The number of carbonyl (C=O) groups is 1. The first-order valence-corrected chi connectivity index (χ1v) is 9.45. The van der Waals surface area contributed by atoms with Gasteiger partial charge in [0.15, 0.2) is 6.10 Å². The van der Waals surface area contributed by atoms with E-state index in [-0.39, 0.29) is 11.9 Å². The van der Waals surface area contributed by atoms with E-state index in [0.29, 0.717) is 11.7 Å². The lowest BCUT2D eigenvalue weighted by atomic mass is 9.93. The Morgan fingerprint density at radius 3 is 2.15 bits per heavy atom. The molecule has 1 amide bonds. The average molecular weight is 370 g/mol. The van der Waals surface area contributed by atoms with E-state index >= 15 is 0 Å². The summed E-state index contributed by atoms with van der Waals surface area (Å²) in [5.74, 6) is 1.79. The summed E-state index contributed by atoms with van der Waals surface area (Å²) < 4.78 is 11.3. The highest BCUT2D eigenvalue weighted by atomic mass is 16.5. The van der Waals surface area contributed by atoms with Crippen molar-refractivity contribution in [3.63, 3.8) is 0 Å². The SMILES string of the molecule is COc1cc(C)c(C(C)NC(=O)C(C)Oc2ccc(C)cc2)cc1C(C)C. The number of benzene rings is 2. The maximum Gasteiger partial charge on any atom is 0.261 e. The summed E-state index contributed by atoms with van der Waals surface area (Å²) >= 11 is 0. The molecule has 0 fully saturated rings. The predicted molar refractivity (Wildman–Crippen MR) is 110 cm³/mol. The minimum atomic E-state index is -0.571. The largest absolute Gasteiger partial charge is 0.496 e. The molecule has 0 aliphatic rings. The van der Waals surface area contributed by atoms with Crippen molar-refractivity contribution >= 4 is 5.91 Å². The van der Waals surface area contributed by atoms with Crippen LogP contribution in [0.2, 0.25) is 0 Å². The second-order valence-electron chi connectivity index (χ2n) is 7.41. The summed E-state index contributed by atoms with van der Waals surface area (Å²) in [6.07, 6.45) is -0.571. The van der Waals surface area contributed by atoms with Crippen LogP contribution in [0.15, 0.2) is 36.4 Å². The maximum absolute atomic E-state index is 12.6. The van der Waals surface area contributed by atoms with Crippen molar-refractivity contribution in [2.45, 2.75) is 59.6 Å². The zero-order valence-corrected chi connectivity index (χ0v) is 17.4. The number of aryl methyl sites for hydroxylation is 2. The van der Waals surface area contributed by atoms with E-state index in [1.54, 1.807) is 14.0 Å². The van der Waals surface area contributed by atoms with Gasteiger partial charge in [0, 0.05) is 0 Å². The fourth-order valence-electron chi connectivity index (χ4n) is 3.09. The summed E-state index contributed by atoms with van der Waals surface area (Å²) in [7, 11) is 1.69. The summed E-state index contributed by atoms with van der Waals surface area (Å²) in [6, 6.07) is 11.8. The average Bonchev–Trinajstić information content (AvgIpc) is 2.62. The standard InChI is InChI=1S/C23H31NO3/c1-14(2)20-13-21(16(4)12-22(20)26-7)17(5)24-23(25)18(6)27-19-10-8-15(3)9-11-19/h8-14,17-18H,1-7H3,(H,24,25). The molecule has 2 aromatic carbocycles. The number of hydrogen-bond donors (Lipinski definition) is 1. The van der Waals surface area contributed by atoms with E-state index in [2.05, 4.69) is 25.2 Å². The van der Waals surface area contributed by atoms with E-state index in [9.17, 15) is 4.79 Å². The van der Waals surface area contributed by atoms with Gasteiger partial charge in [0.1, 0.15) is 11.5 Å². The Morgan fingerprint density at radius 1 is 0.963 bits per heavy atom. The second-order valence-corrected chi connectivity index (χ2v) is 7.41. The van der Waals surface area contributed by atoms with Gasteiger partial charge in [-0.3, -0.25) is 4.79 Å². The first kappa shape index (κ1) is 20.8. The lowest BCUT2D eigenvalue weighted by molar-refractivity contribution is -0.127. The number of ether oxygens (including phenoxy) is 2. The molecule has 2 atom stereocenters. The number of carbonyl (C=O) groups excluding carboxylic acids is 1. The van der Waals surface area contributed by atoms with Crippen LogP contribution in [0.1, 0.15) is 61.9 Å². The van der Waals surface area contributed by atoms with Gasteiger partial charge < -0.3 is 14.8 Å². The highest BCUT2D eigenvalue weighted by Crippen LogP contribution is 2.32. The molecule has 2 aromatic rings. The molecular weight excluding hydrogens is 338 g/mol. The zero-order chi connectivity index (χ0) is 20.1. The molecule has 4 nitrogen and oxygen atoms in total. The Kier molecular flexibility index (Phi) is 6.89. The first-order valence-electron chi connectivity index (χ1n) is 9.45. The van der Waals surface area contributed by atoms with Crippen molar-refractivity contribution in [3.05, 3.63) is 58.7 Å². The smallest absolute Gasteiger partial charge is 0.261 e. The van der Waals surface area contributed by atoms with Crippen LogP contribution in [-0.4, -0.2) is 19.1 Å². The summed E-state index contributed by atoms with van der Waals surface area (Å²) in [6.45, 7) is 12.1. The highest BCUT2D eigenvalue weighted by Gasteiger charge is 2.20. The number of rotatable bonds is 7. The van der Waals surface area contributed by atoms with Gasteiger partial charge in [-0.05, 0) is 74.6 Å². The molecule has 2 rings (SSSR count). The third-order valence-electron chi connectivity index (χ3n) is 4.77. The van der Waals surface area contributed by atoms with Gasteiger partial charge in [-0.2, -0.15) is 0 Å². The third-order valence-corrected chi connectivity index (χ3v) is 4.77. The lowest BCUT2D eigenvalue weighted by Crippen LogP contribution is -2.38. The van der Waals surface area contributed by atoms with Crippen molar-refractivity contribution in [2.24, 2.45) is 0 Å². The molecule has 2 unspecified atom stereocenters. The molecule has 1 N–H and O–H groups in total. The molecule has 0 aliphatic carbocycles. The molecule has 0 saturated carbocycles. The molecule has 0 spiro atoms. The first-order chi connectivity index (χ1) is 12.7. The van der Waals surface area contributed by atoms with Crippen LogP contribution in [0.3, 0.4) is 0 Å². The molecule has 0 aromatic heterocycles. The van der Waals surface area contributed by atoms with Crippen LogP contribution in [0.4, 0.5) is 0 Å². The van der Waals surface area contributed by atoms with Gasteiger partial charge >= 0.3 is 0 Å². The monoisotopic (exact) mass is 369 g/mol. The van der Waals surface area contributed by atoms with Crippen LogP contribution in [0, 0.1) is 13.8 Å². The minimum Gasteiger partial charge on any atom is -0.496 e. The van der Waals surface area contributed by atoms with Gasteiger partial charge in [0.25, 0.3) is 5.91 Å². The molecule has 0 radical (unpaired) electrons. The number of hydrogen-bond acceptors (Lipinski definition) is 3.